The molecular formula is C10H8N4S. The van der Waals surface area contributed by atoms with Gasteiger partial charge in [-0.25, -0.2) is 14.5 Å². The van der Waals surface area contributed by atoms with Gasteiger partial charge < -0.3 is 0 Å². The van der Waals surface area contributed by atoms with Crippen LogP contribution in [0.15, 0.2) is 30.6 Å². The summed E-state index contributed by atoms with van der Waals surface area (Å²) >= 11 is 4.16. The van der Waals surface area contributed by atoms with Crippen molar-refractivity contribution in [2.75, 3.05) is 0 Å². The van der Waals surface area contributed by atoms with Crippen LogP contribution in [0.3, 0.4) is 0 Å². The molecule has 2 heterocycles. The van der Waals surface area contributed by atoms with Gasteiger partial charge in [-0.3, -0.25) is 0 Å². The number of hydrogen-bond donors (Lipinski definition) is 1. The Morgan fingerprint density at radius 3 is 3.00 bits per heavy atom. The second-order valence-electron chi connectivity index (χ2n) is 3.22. The Balaban J connectivity index is 2.47. The fourth-order valence-corrected chi connectivity index (χ4v) is 1.72. The first-order chi connectivity index (χ1) is 7.38. The molecule has 0 radical (unpaired) electrons. The van der Waals surface area contributed by atoms with Gasteiger partial charge in [-0.05, 0) is 12.1 Å². The quantitative estimate of drug-likeness (QED) is 0.630. The molecule has 74 valence electrons. The normalized spacial score (nSPS) is 11.3. The summed E-state index contributed by atoms with van der Waals surface area (Å²) in [5.74, 6) is 1.26. The van der Waals surface area contributed by atoms with Crippen LogP contribution >= 0.6 is 12.6 Å². The predicted octanol–water partition coefficient (Wildman–Crippen LogP) is 1.71. The molecule has 3 rings (SSSR count). The maximum absolute atomic E-state index is 4.39. The van der Waals surface area contributed by atoms with Crippen LogP contribution in [0.25, 0.3) is 16.6 Å². The number of thiol groups is 1. The van der Waals surface area contributed by atoms with E-state index in [0.29, 0.717) is 5.75 Å². The van der Waals surface area contributed by atoms with E-state index in [1.54, 1.807) is 10.8 Å². The van der Waals surface area contributed by atoms with E-state index in [9.17, 15) is 0 Å². The number of benzene rings is 1. The summed E-state index contributed by atoms with van der Waals surface area (Å²) in [6.45, 7) is 0. The van der Waals surface area contributed by atoms with Gasteiger partial charge in [0.25, 0.3) is 0 Å². The summed E-state index contributed by atoms with van der Waals surface area (Å²) in [6, 6.07) is 7.89. The summed E-state index contributed by atoms with van der Waals surface area (Å²) < 4.78 is 1.69. The zero-order chi connectivity index (χ0) is 10.3. The van der Waals surface area contributed by atoms with E-state index in [-0.39, 0.29) is 0 Å². The fourth-order valence-electron chi connectivity index (χ4n) is 1.59. The lowest BCUT2D eigenvalue weighted by atomic mass is 10.2. The highest BCUT2D eigenvalue weighted by molar-refractivity contribution is 7.79. The van der Waals surface area contributed by atoms with Crippen LogP contribution in [0, 0.1) is 0 Å². The van der Waals surface area contributed by atoms with E-state index >= 15 is 0 Å². The second-order valence-corrected chi connectivity index (χ2v) is 3.53. The summed E-state index contributed by atoms with van der Waals surface area (Å²) in [4.78, 5) is 8.69. The highest BCUT2D eigenvalue weighted by atomic mass is 32.1. The van der Waals surface area contributed by atoms with Crippen molar-refractivity contribution in [3.05, 3.63) is 36.4 Å². The highest BCUT2D eigenvalue weighted by Crippen LogP contribution is 2.15. The lowest BCUT2D eigenvalue weighted by molar-refractivity contribution is 0.904. The molecule has 0 atom stereocenters. The van der Waals surface area contributed by atoms with Gasteiger partial charge >= 0.3 is 0 Å². The molecule has 15 heavy (non-hydrogen) atoms. The minimum absolute atomic E-state index is 0.538. The Labute approximate surface area is 91.4 Å². The molecule has 0 saturated heterocycles. The minimum Gasteiger partial charge on any atom is -0.236 e. The average Bonchev–Trinajstić information content (AvgIpc) is 2.72. The molecule has 0 aliphatic carbocycles. The Kier molecular flexibility index (Phi) is 1.85. The van der Waals surface area contributed by atoms with Crippen LogP contribution in [0.5, 0.6) is 0 Å². The SMILES string of the molecule is SCc1nc2c3ccccc3ncn2n1. The number of aromatic nitrogens is 4. The van der Waals surface area contributed by atoms with Crippen LogP contribution < -0.4 is 0 Å². The van der Waals surface area contributed by atoms with E-state index in [0.717, 1.165) is 22.4 Å². The summed E-state index contributed by atoms with van der Waals surface area (Å²) in [7, 11) is 0. The van der Waals surface area contributed by atoms with E-state index in [1.165, 1.54) is 0 Å². The molecule has 3 aromatic rings. The van der Waals surface area contributed by atoms with Gasteiger partial charge in [0.1, 0.15) is 6.33 Å². The van der Waals surface area contributed by atoms with Crippen LogP contribution in [0.4, 0.5) is 0 Å². The van der Waals surface area contributed by atoms with Crippen LogP contribution in [0.1, 0.15) is 5.82 Å². The summed E-state index contributed by atoms with van der Waals surface area (Å²) in [6.07, 6.45) is 1.68. The largest absolute Gasteiger partial charge is 0.236 e. The summed E-state index contributed by atoms with van der Waals surface area (Å²) in [5, 5.41) is 5.26. The first-order valence-electron chi connectivity index (χ1n) is 4.58. The number of fused-ring (bicyclic) bond motifs is 3. The monoisotopic (exact) mass is 216 g/mol. The molecule has 1 aromatic carbocycles. The maximum Gasteiger partial charge on any atom is 0.166 e. The van der Waals surface area contributed by atoms with E-state index < -0.39 is 0 Å². The Hall–Kier alpha value is -1.62. The third kappa shape index (κ3) is 1.27. The number of hydrogen-bond acceptors (Lipinski definition) is 4. The van der Waals surface area contributed by atoms with Gasteiger partial charge in [-0.2, -0.15) is 12.6 Å². The molecule has 4 nitrogen and oxygen atoms in total. The molecule has 0 aliphatic rings. The first-order valence-corrected chi connectivity index (χ1v) is 5.21. The van der Waals surface area contributed by atoms with Gasteiger partial charge in [0.2, 0.25) is 0 Å². The van der Waals surface area contributed by atoms with Gasteiger partial charge in [-0.1, -0.05) is 12.1 Å². The summed E-state index contributed by atoms with van der Waals surface area (Å²) in [5.41, 5.74) is 1.77. The van der Waals surface area contributed by atoms with Crippen LogP contribution in [-0.2, 0) is 5.75 Å². The van der Waals surface area contributed by atoms with Gasteiger partial charge in [-0.15, -0.1) is 5.10 Å². The molecule has 5 heteroatoms. The third-order valence-electron chi connectivity index (χ3n) is 2.27. The van der Waals surface area contributed by atoms with Crippen molar-refractivity contribution in [2.24, 2.45) is 0 Å². The zero-order valence-electron chi connectivity index (χ0n) is 7.83. The molecule has 0 bridgehead atoms. The molecular weight excluding hydrogens is 208 g/mol. The van der Waals surface area contributed by atoms with Crippen molar-refractivity contribution >= 4 is 29.2 Å². The fraction of sp³-hybridized carbons (Fsp3) is 0.100. The van der Waals surface area contributed by atoms with Crippen molar-refractivity contribution < 1.29 is 0 Å². The van der Waals surface area contributed by atoms with Crippen molar-refractivity contribution in [2.45, 2.75) is 5.75 Å². The Bertz CT molecular complexity index is 631. The highest BCUT2D eigenvalue weighted by Gasteiger charge is 2.05. The van der Waals surface area contributed by atoms with Crippen LogP contribution in [-0.4, -0.2) is 19.6 Å². The third-order valence-corrected chi connectivity index (χ3v) is 2.55. The maximum atomic E-state index is 4.39. The van der Waals surface area contributed by atoms with Crippen LogP contribution in [0.2, 0.25) is 0 Å². The van der Waals surface area contributed by atoms with E-state index in [1.807, 2.05) is 24.3 Å². The van der Waals surface area contributed by atoms with Crippen molar-refractivity contribution in [3.63, 3.8) is 0 Å². The Morgan fingerprint density at radius 2 is 2.13 bits per heavy atom. The van der Waals surface area contributed by atoms with Crippen molar-refractivity contribution in [1.29, 1.82) is 0 Å². The Morgan fingerprint density at radius 1 is 1.27 bits per heavy atom. The second kappa shape index (κ2) is 3.20. The minimum atomic E-state index is 0.538. The molecule has 2 aromatic heterocycles. The molecule has 0 saturated carbocycles. The first kappa shape index (κ1) is 8.67. The zero-order valence-corrected chi connectivity index (χ0v) is 8.72. The number of para-hydroxylation sites is 1. The van der Waals surface area contributed by atoms with E-state index in [2.05, 4.69) is 27.7 Å². The lowest BCUT2D eigenvalue weighted by Crippen LogP contribution is -1.90. The topological polar surface area (TPSA) is 43.1 Å². The lowest BCUT2D eigenvalue weighted by Gasteiger charge is -1.96. The molecule has 0 fully saturated rings. The van der Waals surface area contributed by atoms with Gasteiger partial charge in [0, 0.05) is 5.39 Å². The standard InChI is InChI=1S/C10H8N4S/c15-5-9-12-10-7-3-1-2-4-8(7)11-6-14(10)13-9/h1-4,6,15H,5H2. The predicted molar refractivity (Wildman–Crippen MR) is 61.0 cm³/mol. The van der Waals surface area contributed by atoms with Gasteiger partial charge in [0.05, 0.1) is 11.3 Å². The molecule has 0 amide bonds. The molecule has 0 aliphatic heterocycles. The molecule has 0 N–H and O–H groups in total. The number of rotatable bonds is 1. The smallest absolute Gasteiger partial charge is 0.166 e. The van der Waals surface area contributed by atoms with Crippen molar-refractivity contribution in [1.82, 2.24) is 19.6 Å². The average molecular weight is 216 g/mol. The van der Waals surface area contributed by atoms with Crippen molar-refractivity contribution in [3.8, 4) is 0 Å². The molecule has 0 unspecified atom stereocenters. The number of nitrogens with zero attached hydrogens (tertiary/aromatic N) is 4. The van der Waals surface area contributed by atoms with Gasteiger partial charge in [0.15, 0.2) is 11.5 Å². The molecule has 0 spiro atoms. The van der Waals surface area contributed by atoms with E-state index in [4.69, 9.17) is 0 Å².